The summed E-state index contributed by atoms with van der Waals surface area (Å²) in [6.45, 7) is 12.4. The highest BCUT2D eigenvalue weighted by Gasteiger charge is 2.38. The minimum absolute atomic E-state index is 0.0225. The summed E-state index contributed by atoms with van der Waals surface area (Å²) in [5.41, 5.74) is 1.99. The molecule has 400 valence electrons. The van der Waals surface area contributed by atoms with Crippen molar-refractivity contribution in [1.82, 2.24) is 0 Å². The number of rotatable bonds is 24. The van der Waals surface area contributed by atoms with Crippen molar-refractivity contribution in [2.45, 2.75) is 131 Å². The van der Waals surface area contributed by atoms with Gasteiger partial charge in [0.2, 0.25) is 0 Å². The van der Waals surface area contributed by atoms with Gasteiger partial charge in [0.25, 0.3) is 0 Å². The third-order valence-corrected chi connectivity index (χ3v) is 13.5. The van der Waals surface area contributed by atoms with Crippen molar-refractivity contribution in [1.29, 1.82) is 0 Å². The lowest BCUT2D eigenvalue weighted by Crippen LogP contribution is -2.16. The summed E-state index contributed by atoms with van der Waals surface area (Å²) in [7, 11) is 0. The van der Waals surface area contributed by atoms with Gasteiger partial charge in [-0.1, -0.05) is 55.4 Å². The molecule has 0 atom stereocenters. The molecule has 0 spiro atoms. The smallest absolute Gasteiger partial charge is 0.128 e. The van der Waals surface area contributed by atoms with E-state index in [1.54, 1.807) is 24.3 Å². The molecule has 72 heavy (non-hydrogen) atoms. The molecule has 0 radical (unpaired) electrons. The second-order valence-electron chi connectivity index (χ2n) is 20.8. The van der Waals surface area contributed by atoms with Gasteiger partial charge in [-0.15, -0.1) is 0 Å². The molecule has 0 unspecified atom stereocenters. The molecule has 4 aromatic rings. The van der Waals surface area contributed by atoms with Crippen molar-refractivity contribution < 1.29 is 80.2 Å². The van der Waals surface area contributed by atoms with Crippen molar-refractivity contribution in [3.05, 3.63) is 91.0 Å². The number of aromatic hydroxyl groups is 8. The number of ether oxygens (including phenoxy) is 4. The fraction of sp³-hybridized carbons (Fsp3) is 0.571. The van der Waals surface area contributed by atoms with Crippen molar-refractivity contribution >= 4 is 0 Å². The van der Waals surface area contributed by atoms with Gasteiger partial charge in [-0.05, 0) is 73.6 Å². The zero-order valence-corrected chi connectivity index (χ0v) is 43.2. The monoisotopic (exact) mass is 1010 g/mol. The predicted molar refractivity (Wildman–Crippen MR) is 271 cm³/mol. The van der Waals surface area contributed by atoms with Gasteiger partial charge in [0, 0.05) is 68.2 Å². The fourth-order valence-electron chi connectivity index (χ4n) is 10.3. The Hall–Kier alpha value is -5.04. The minimum atomic E-state index is -0.891. The molecule has 5 rings (SSSR count). The summed E-state index contributed by atoms with van der Waals surface area (Å²) < 4.78 is 23.2. The number of benzene rings is 4. The summed E-state index contributed by atoms with van der Waals surface area (Å²) in [5, 5.41) is 139. The third-order valence-electron chi connectivity index (χ3n) is 13.5. The molecule has 1 aliphatic rings. The van der Waals surface area contributed by atoms with Crippen LogP contribution in [0, 0.1) is 23.7 Å². The maximum atomic E-state index is 12.6. The van der Waals surface area contributed by atoms with Gasteiger partial charge in [-0.2, -0.15) is 0 Å². The first-order valence-corrected chi connectivity index (χ1v) is 25.3. The van der Waals surface area contributed by atoms with Crippen molar-refractivity contribution in [3.63, 3.8) is 0 Å². The van der Waals surface area contributed by atoms with Crippen LogP contribution in [0.3, 0.4) is 0 Å². The van der Waals surface area contributed by atoms with Crippen LogP contribution in [0.4, 0.5) is 0 Å². The average Bonchev–Trinajstić information content (AvgIpc) is 3.31. The molecule has 0 fully saturated rings. The van der Waals surface area contributed by atoms with Gasteiger partial charge >= 0.3 is 0 Å². The van der Waals surface area contributed by atoms with Gasteiger partial charge in [0.05, 0.1) is 102 Å². The third kappa shape index (κ3) is 13.0. The van der Waals surface area contributed by atoms with Gasteiger partial charge in [-0.25, -0.2) is 0 Å². The van der Waals surface area contributed by atoms with Crippen LogP contribution in [0.25, 0.3) is 0 Å². The van der Waals surface area contributed by atoms with Crippen molar-refractivity contribution in [3.8, 4) is 46.0 Å². The van der Waals surface area contributed by atoms with Crippen molar-refractivity contribution in [2.75, 3.05) is 52.9 Å². The second kappa shape index (κ2) is 26.3. The standard InChI is InChI=1S/C56H80O16/c1-29(2)17-33-37-21-39(51(63)45(49(37)61)25-69-13-9-57)34(18-30(3)4)41-23-43(55(67)47(53(41)65)27-71-15-11-59)36(20-32(7)8)44-24-42(54(66)48(56(44)68)28-72-16-12-60)35(19-31(5)6)40-22-38(33)50(62)46(52(40)64)26-70-14-10-58/h21-24,29-36,57-68H,9-20,25-28H2,1-8H3. The number of fused-ring (bicyclic) bond motifs is 8. The van der Waals surface area contributed by atoms with E-state index in [9.17, 15) is 61.3 Å². The van der Waals surface area contributed by atoms with Crippen LogP contribution in [0.2, 0.25) is 0 Å². The molecular formula is C56H80O16. The van der Waals surface area contributed by atoms with E-state index in [1.807, 2.05) is 55.4 Å². The first kappa shape index (κ1) is 57.9. The maximum absolute atomic E-state index is 12.6. The van der Waals surface area contributed by atoms with Gasteiger partial charge < -0.3 is 80.2 Å². The van der Waals surface area contributed by atoms with Crippen LogP contribution in [0.1, 0.15) is 172 Å². The molecule has 0 saturated carbocycles. The van der Waals surface area contributed by atoms with E-state index in [0.717, 1.165) is 0 Å². The van der Waals surface area contributed by atoms with Crippen LogP contribution in [0.5, 0.6) is 46.0 Å². The highest BCUT2D eigenvalue weighted by Crippen LogP contribution is 2.56. The van der Waals surface area contributed by atoms with Crippen molar-refractivity contribution in [2.24, 2.45) is 23.7 Å². The summed E-state index contributed by atoms with van der Waals surface area (Å²) in [4.78, 5) is 0. The van der Waals surface area contributed by atoms with Gasteiger partial charge in [0.1, 0.15) is 46.0 Å². The lowest BCUT2D eigenvalue weighted by atomic mass is 9.73. The molecule has 0 aliphatic heterocycles. The largest absolute Gasteiger partial charge is 0.507 e. The van der Waals surface area contributed by atoms with Gasteiger partial charge in [0.15, 0.2) is 0 Å². The Morgan fingerprint density at radius 2 is 0.458 bits per heavy atom. The number of phenols is 8. The topological polar surface area (TPSA) is 280 Å². The van der Waals surface area contributed by atoms with E-state index < -0.39 is 23.7 Å². The van der Waals surface area contributed by atoms with Crippen LogP contribution < -0.4 is 0 Å². The second-order valence-corrected chi connectivity index (χ2v) is 20.8. The lowest BCUT2D eigenvalue weighted by molar-refractivity contribution is 0.0788. The molecule has 12 N–H and O–H groups in total. The Morgan fingerprint density at radius 3 is 0.583 bits per heavy atom. The summed E-state index contributed by atoms with van der Waals surface area (Å²) in [6.07, 6.45) is 1.13. The normalized spacial score (nSPS) is 17.0. The fourth-order valence-corrected chi connectivity index (χ4v) is 10.3. The highest BCUT2D eigenvalue weighted by molar-refractivity contribution is 5.67. The Balaban J connectivity index is 2.17. The Morgan fingerprint density at radius 1 is 0.306 bits per heavy atom. The average molecular weight is 1010 g/mol. The summed E-state index contributed by atoms with van der Waals surface area (Å²) >= 11 is 0. The van der Waals surface area contributed by atoms with Crippen LogP contribution in [-0.4, -0.2) is 114 Å². The number of hydrogen-bond donors (Lipinski definition) is 12. The van der Waals surface area contributed by atoms with E-state index >= 15 is 0 Å². The van der Waals surface area contributed by atoms with E-state index in [0.29, 0.717) is 0 Å². The molecular weight excluding hydrogens is 929 g/mol. The maximum Gasteiger partial charge on any atom is 0.128 e. The number of phenolic OH excluding ortho intramolecular Hbond substituents is 8. The Bertz CT molecular complexity index is 1980. The molecule has 0 heterocycles. The quantitative estimate of drug-likeness (QED) is 0.0294. The van der Waals surface area contributed by atoms with Crippen LogP contribution >= 0.6 is 0 Å². The number of hydrogen-bond acceptors (Lipinski definition) is 16. The molecule has 0 amide bonds. The predicted octanol–water partition coefficient (Wildman–Crippen LogP) is 8.39. The van der Waals surface area contributed by atoms with E-state index in [1.165, 1.54) is 0 Å². The summed E-state index contributed by atoms with van der Waals surface area (Å²) in [6, 6.07) is 6.63. The molecule has 8 bridgehead atoms. The molecule has 0 aromatic heterocycles. The van der Waals surface area contributed by atoms with Crippen LogP contribution in [0.15, 0.2) is 24.3 Å². The summed E-state index contributed by atoms with van der Waals surface area (Å²) in [5.74, 6) is -6.82. The Labute approximate surface area is 423 Å². The highest BCUT2D eigenvalue weighted by atomic mass is 16.5. The molecule has 1 aliphatic carbocycles. The zero-order valence-electron chi connectivity index (χ0n) is 43.2. The van der Waals surface area contributed by atoms with Gasteiger partial charge in [-0.3, -0.25) is 0 Å². The molecule has 16 nitrogen and oxygen atoms in total. The minimum Gasteiger partial charge on any atom is -0.507 e. The first-order chi connectivity index (χ1) is 34.2. The van der Waals surface area contributed by atoms with E-state index in [4.69, 9.17) is 18.9 Å². The SMILES string of the molecule is CC(C)CC1c2cc(c(O)c(COCCO)c2O)C(CC(C)C)c2cc(c(O)c(COCCO)c2O)C(CC(C)C)c2cc(c(O)c(COCCO)c2O)C(CC(C)C)c2cc1c(O)c(COCCO)c2O. The van der Waals surface area contributed by atoms with E-state index in [-0.39, 0.29) is 241 Å². The Kier molecular flexibility index (Phi) is 21.1. The molecule has 4 aromatic carbocycles. The van der Waals surface area contributed by atoms with Crippen LogP contribution in [-0.2, 0) is 45.4 Å². The number of aliphatic hydroxyl groups is 4. The van der Waals surface area contributed by atoms with E-state index in [2.05, 4.69) is 0 Å². The first-order valence-electron chi connectivity index (χ1n) is 25.3. The zero-order chi connectivity index (χ0) is 53.1. The lowest BCUT2D eigenvalue weighted by Gasteiger charge is -2.32. The molecule has 16 heteroatoms. The number of aliphatic hydroxyl groups excluding tert-OH is 4. The molecule has 0 saturated heterocycles.